The zero-order chi connectivity index (χ0) is 20.1. The lowest BCUT2D eigenvalue weighted by Crippen LogP contribution is -2.29. The number of ether oxygens (including phenoxy) is 1. The fourth-order valence-corrected chi connectivity index (χ4v) is 3.96. The average Bonchev–Trinajstić information content (AvgIpc) is 2.94. The van der Waals surface area contributed by atoms with Crippen LogP contribution < -0.4 is 4.74 Å². The van der Waals surface area contributed by atoms with Crippen LogP contribution in [0.4, 0.5) is 5.69 Å². The molecule has 4 nitrogen and oxygen atoms in total. The van der Waals surface area contributed by atoms with Gasteiger partial charge in [-0.25, -0.2) is 4.99 Å². The summed E-state index contributed by atoms with van der Waals surface area (Å²) in [6.45, 7) is 6.61. The van der Waals surface area contributed by atoms with Gasteiger partial charge in [-0.2, -0.15) is 0 Å². The molecule has 0 aromatic heterocycles. The Labute approximate surface area is 175 Å². The molecule has 1 aliphatic rings. The molecule has 0 N–H and O–H groups in total. The predicted molar refractivity (Wildman–Crippen MR) is 118 cm³/mol. The third-order valence-corrected chi connectivity index (χ3v) is 5.18. The topological polar surface area (TPSA) is 41.9 Å². The van der Waals surface area contributed by atoms with Crippen molar-refractivity contribution >= 4 is 46.2 Å². The molecule has 28 heavy (non-hydrogen) atoms. The van der Waals surface area contributed by atoms with E-state index in [1.165, 1.54) is 11.8 Å². The standard InChI is InChI=1S/C22H23ClN2O2S/c1-4-12-25-21(26)20(28-22(25)24-18-8-6-5-7-9-18)14-16-13-17(23)10-11-19(16)27-15(2)3/h5-11,13-15H,4,12H2,1-3H3/b20-14+,24-22?. The molecule has 0 spiro atoms. The molecule has 1 heterocycles. The van der Waals surface area contributed by atoms with Crippen molar-refractivity contribution < 1.29 is 9.53 Å². The predicted octanol–water partition coefficient (Wildman–Crippen LogP) is 6.14. The molecule has 2 aromatic rings. The van der Waals surface area contributed by atoms with Gasteiger partial charge in [0.15, 0.2) is 5.17 Å². The van der Waals surface area contributed by atoms with Crippen LogP contribution in [0.3, 0.4) is 0 Å². The van der Waals surface area contributed by atoms with Crippen LogP contribution in [0.1, 0.15) is 32.8 Å². The molecule has 0 radical (unpaired) electrons. The van der Waals surface area contributed by atoms with E-state index in [2.05, 4.69) is 4.99 Å². The summed E-state index contributed by atoms with van der Waals surface area (Å²) < 4.78 is 5.88. The minimum atomic E-state index is -0.0444. The highest BCUT2D eigenvalue weighted by Gasteiger charge is 2.33. The van der Waals surface area contributed by atoms with Crippen LogP contribution in [0.15, 0.2) is 58.4 Å². The number of benzene rings is 2. The van der Waals surface area contributed by atoms with E-state index in [1.807, 2.05) is 69.3 Å². The van der Waals surface area contributed by atoms with Gasteiger partial charge in [0.25, 0.3) is 5.91 Å². The Balaban J connectivity index is 1.98. The van der Waals surface area contributed by atoms with Crippen molar-refractivity contribution in [1.29, 1.82) is 0 Å². The molecule has 1 fully saturated rings. The summed E-state index contributed by atoms with van der Waals surface area (Å²) >= 11 is 7.56. The maximum absolute atomic E-state index is 13.0. The molecule has 0 unspecified atom stereocenters. The van der Waals surface area contributed by atoms with Crippen LogP contribution >= 0.6 is 23.4 Å². The number of carbonyl (C=O) groups excluding carboxylic acids is 1. The Hall–Kier alpha value is -2.24. The van der Waals surface area contributed by atoms with Crippen LogP contribution in [0.2, 0.25) is 5.02 Å². The molecule has 0 aliphatic carbocycles. The summed E-state index contributed by atoms with van der Waals surface area (Å²) in [5, 5.41) is 1.29. The highest BCUT2D eigenvalue weighted by molar-refractivity contribution is 8.18. The normalized spacial score (nSPS) is 17.2. The second kappa shape index (κ2) is 9.30. The van der Waals surface area contributed by atoms with Gasteiger partial charge in [-0.3, -0.25) is 9.69 Å². The highest BCUT2D eigenvalue weighted by atomic mass is 35.5. The average molecular weight is 415 g/mol. The zero-order valence-electron chi connectivity index (χ0n) is 16.2. The van der Waals surface area contributed by atoms with Crippen molar-refractivity contribution in [3.63, 3.8) is 0 Å². The van der Waals surface area contributed by atoms with E-state index in [4.69, 9.17) is 16.3 Å². The number of nitrogens with zero attached hydrogens (tertiary/aromatic N) is 2. The Kier molecular flexibility index (Phi) is 6.81. The third kappa shape index (κ3) is 4.97. The summed E-state index contributed by atoms with van der Waals surface area (Å²) in [6.07, 6.45) is 2.72. The summed E-state index contributed by atoms with van der Waals surface area (Å²) in [5.74, 6) is 0.660. The number of hydrogen-bond acceptors (Lipinski definition) is 4. The minimum Gasteiger partial charge on any atom is -0.490 e. The number of rotatable bonds is 6. The van der Waals surface area contributed by atoms with Gasteiger partial charge in [0.05, 0.1) is 16.7 Å². The Bertz CT molecular complexity index is 910. The first-order valence-electron chi connectivity index (χ1n) is 9.29. The van der Waals surface area contributed by atoms with Crippen LogP contribution in [0.5, 0.6) is 5.75 Å². The molecule has 2 aromatic carbocycles. The molecule has 1 aliphatic heterocycles. The summed E-state index contributed by atoms with van der Waals surface area (Å²) in [4.78, 5) is 20.0. The lowest BCUT2D eigenvalue weighted by molar-refractivity contribution is -0.122. The van der Waals surface area contributed by atoms with E-state index >= 15 is 0 Å². The quantitative estimate of drug-likeness (QED) is 0.533. The Morgan fingerprint density at radius 2 is 1.96 bits per heavy atom. The van der Waals surface area contributed by atoms with Crippen molar-refractivity contribution in [1.82, 2.24) is 4.90 Å². The van der Waals surface area contributed by atoms with E-state index < -0.39 is 0 Å². The van der Waals surface area contributed by atoms with Crippen molar-refractivity contribution in [2.45, 2.75) is 33.3 Å². The van der Waals surface area contributed by atoms with E-state index in [0.717, 1.165) is 17.7 Å². The number of halogens is 1. The number of carbonyl (C=O) groups is 1. The summed E-state index contributed by atoms with van der Waals surface area (Å²) in [5.41, 5.74) is 1.61. The van der Waals surface area contributed by atoms with Crippen molar-refractivity contribution in [2.75, 3.05) is 6.54 Å². The second-order valence-corrected chi connectivity index (χ2v) is 8.09. The molecule has 1 saturated heterocycles. The summed E-state index contributed by atoms with van der Waals surface area (Å²) in [6, 6.07) is 15.1. The van der Waals surface area contributed by atoms with Gasteiger partial charge in [0, 0.05) is 17.1 Å². The fourth-order valence-electron chi connectivity index (χ4n) is 2.76. The molecular weight excluding hydrogens is 392 g/mol. The molecule has 1 amide bonds. The van der Waals surface area contributed by atoms with E-state index in [1.54, 1.807) is 11.0 Å². The first-order chi connectivity index (χ1) is 13.5. The van der Waals surface area contributed by atoms with Crippen LogP contribution in [-0.4, -0.2) is 28.6 Å². The molecule has 3 rings (SSSR count). The van der Waals surface area contributed by atoms with Gasteiger partial charge in [-0.05, 0) is 68.4 Å². The zero-order valence-corrected chi connectivity index (χ0v) is 17.8. The maximum atomic E-state index is 13.0. The molecular formula is C22H23ClN2O2S. The number of amides is 1. The van der Waals surface area contributed by atoms with Gasteiger partial charge in [-0.15, -0.1) is 0 Å². The van der Waals surface area contributed by atoms with Gasteiger partial charge >= 0.3 is 0 Å². The van der Waals surface area contributed by atoms with Gasteiger partial charge in [0.1, 0.15) is 5.75 Å². The SMILES string of the molecule is CCCN1C(=O)/C(=C\c2cc(Cl)ccc2OC(C)C)SC1=Nc1ccccc1. The van der Waals surface area contributed by atoms with Crippen LogP contribution in [0.25, 0.3) is 6.08 Å². The fraction of sp³-hybridized carbons (Fsp3) is 0.273. The largest absolute Gasteiger partial charge is 0.490 e. The number of aliphatic imine (C=N–C) groups is 1. The molecule has 0 atom stereocenters. The Morgan fingerprint density at radius 3 is 2.64 bits per heavy atom. The minimum absolute atomic E-state index is 0.0250. The van der Waals surface area contributed by atoms with Crippen LogP contribution in [0, 0.1) is 0 Å². The lowest BCUT2D eigenvalue weighted by atomic mass is 10.1. The van der Waals surface area contributed by atoms with Crippen LogP contribution in [-0.2, 0) is 4.79 Å². The van der Waals surface area contributed by atoms with Crippen molar-refractivity contribution in [2.24, 2.45) is 4.99 Å². The molecule has 0 saturated carbocycles. The van der Waals surface area contributed by atoms with Gasteiger partial charge in [-0.1, -0.05) is 36.7 Å². The Morgan fingerprint density at radius 1 is 1.21 bits per heavy atom. The number of para-hydroxylation sites is 1. The molecule has 0 bridgehead atoms. The number of hydrogen-bond donors (Lipinski definition) is 0. The molecule has 146 valence electrons. The molecule has 6 heteroatoms. The van der Waals surface area contributed by atoms with Gasteiger partial charge < -0.3 is 4.74 Å². The highest BCUT2D eigenvalue weighted by Crippen LogP contribution is 2.36. The first-order valence-corrected chi connectivity index (χ1v) is 10.5. The van der Waals surface area contributed by atoms with Crippen molar-refractivity contribution in [3.8, 4) is 5.75 Å². The first kappa shape index (κ1) is 20.5. The monoisotopic (exact) mass is 414 g/mol. The maximum Gasteiger partial charge on any atom is 0.266 e. The van der Waals surface area contributed by atoms with Crippen molar-refractivity contribution in [3.05, 3.63) is 64.0 Å². The smallest absolute Gasteiger partial charge is 0.266 e. The van der Waals surface area contributed by atoms with Gasteiger partial charge in [0.2, 0.25) is 0 Å². The van der Waals surface area contributed by atoms with E-state index in [-0.39, 0.29) is 12.0 Å². The second-order valence-electron chi connectivity index (χ2n) is 6.65. The number of amidine groups is 1. The van der Waals surface area contributed by atoms with E-state index in [9.17, 15) is 4.79 Å². The third-order valence-electron chi connectivity index (χ3n) is 3.94. The summed E-state index contributed by atoms with van der Waals surface area (Å²) in [7, 11) is 0. The number of thioether (sulfide) groups is 1. The lowest BCUT2D eigenvalue weighted by Gasteiger charge is -2.14. The van der Waals surface area contributed by atoms with E-state index in [0.29, 0.717) is 27.4 Å².